The van der Waals surface area contributed by atoms with E-state index in [4.69, 9.17) is 5.11 Å². The lowest BCUT2D eigenvalue weighted by molar-refractivity contribution is 0.0946. The Morgan fingerprint density at radius 3 is 3.00 bits per heavy atom. The Labute approximate surface area is 108 Å². The largest absolute Gasteiger partial charge is 0.396 e. The molecule has 1 heterocycles. The van der Waals surface area contributed by atoms with Crippen molar-refractivity contribution in [2.24, 2.45) is 5.92 Å². The second-order valence-electron chi connectivity index (χ2n) is 4.26. The van der Waals surface area contributed by atoms with Crippen molar-refractivity contribution in [1.82, 2.24) is 5.32 Å². The third kappa shape index (κ3) is 2.68. The van der Waals surface area contributed by atoms with Crippen LogP contribution in [-0.2, 0) is 0 Å². The number of thiophene rings is 1. The second-order valence-corrected chi connectivity index (χ2v) is 5.34. The van der Waals surface area contributed by atoms with Crippen LogP contribution in [0.5, 0.6) is 0 Å². The molecule has 0 saturated carbocycles. The number of nitrogens with one attached hydrogen (secondary N) is 1. The Morgan fingerprint density at radius 2 is 2.33 bits per heavy atom. The zero-order valence-corrected chi connectivity index (χ0v) is 10.8. The van der Waals surface area contributed by atoms with E-state index in [1.165, 1.54) is 17.4 Å². The lowest BCUT2D eigenvalue weighted by Gasteiger charge is -2.08. The minimum Gasteiger partial charge on any atom is -0.396 e. The molecule has 0 aliphatic heterocycles. The van der Waals surface area contributed by atoms with Gasteiger partial charge in [0.15, 0.2) is 0 Å². The zero-order valence-electron chi connectivity index (χ0n) is 9.94. The normalized spacial score (nSPS) is 12.6. The molecule has 1 aromatic heterocycles. The van der Waals surface area contributed by atoms with E-state index < -0.39 is 0 Å². The van der Waals surface area contributed by atoms with Crippen molar-refractivity contribution < 1.29 is 14.3 Å². The van der Waals surface area contributed by atoms with Gasteiger partial charge in [0.25, 0.3) is 5.91 Å². The number of fused-ring (bicyclic) bond motifs is 1. The number of hydrogen-bond donors (Lipinski definition) is 2. The van der Waals surface area contributed by atoms with Gasteiger partial charge in [0.1, 0.15) is 5.82 Å². The fourth-order valence-electron chi connectivity index (χ4n) is 1.56. The van der Waals surface area contributed by atoms with E-state index in [9.17, 15) is 9.18 Å². The molecule has 18 heavy (non-hydrogen) atoms. The van der Waals surface area contributed by atoms with Crippen molar-refractivity contribution in [1.29, 1.82) is 0 Å². The summed E-state index contributed by atoms with van der Waals surface area (Å²) < 4.78 is 14.2. The van der Waals surface area contributed by atoms with Crippen molar-refractivity contribution >= 4 is 27.3 Å². The first-order chi connectivity index (χ1) is 8.61. The van der Waals surface area contributed by atoms with Gasteiger partial charge < -0.3 is 10.4 Å². The van der Waals surface area contributed by atoms with E-state index >= 15 is 0 Å². The molecule has 5 heteroatoms. The van der Waals surface area contributed by atoms with Crippen LogP contribution in [0.3, 0.4) is 0 Å². The third-order valence-corrected chi connectivity index (χ3v) is 3.75. The maximum Gasteiger partial charge on any atom is 0.261 e. The molecule has 0 spiro atoms. The van der Waals surface area contributed by atoms with Crippen LogP contribution < -0.4 is 5.32 Å². The molecular formula is C13H14FNO2S. The highest BCUT2D eigenvalue weighted by atomic mass is 32.1. The summed E-state index contributed by atoms with van der Waals surface area (Å²) in [5.41, 5.74) is 0. The first kappa shape index (κ1) is 13.0. The average molecular weight is 267 g/mol. The van der Waals surface area contributed by atoms with E-state index in [1.807, 2.05) is 6.92 Å². The highest BCUT2D eigenvalue weighted by Crippen LogP contribution is 2.27. The number of carbonyl (C=O) groups is 1. The Hall–Kier alpha value is -1.46. The third-order valence-electron chi connectivity index (χ3n) is 2.65. The molecule has 2 N–H and O–H groups in total. The topological polar surface area (TPSA) is 49.3 Å². The van der Waals surface area contributed by atoms with Gasteiger partial charge in [-0.1, -0.05) is 13.0 Å². The monoisotopic (exact) mass is 267 g/mol. The van der Waals surface area contributed by atoms with E-state index in [1.54, 1.807) is 18.2 Å². The van der Waals surface area contributed by atoms with Crippen LogP contribution in [0.25, 0.3) is 10.1 Å². The quantitative estimate of drug-likeness (QED) is 0.893. The van der Waals surface area contributed by atoms with Crippen molar-refractivity contribution in [3.63, 3.8) is 0 Å². The van der Waals surface area contributed by atoms with Crippen LogP contribution >= 0.6 is 11.3 Å². The van der Waals surface area contributed by atoms with E-state index in [2.05, 4.69) is 5.32 Å². The standard InChI is InChI=1S/C13H14FNO2S/c1-8(7-16)6-15-13(17)12-5-9-10(14)3-2-4-11(9)18-12/h2-5,8,16H,6-7H2,1H3,(H,15,17). The van der Waals surface area contributed by atoms with Gasteiger partial charge in [-0.15, -0.1) is 11.3 Å². The van der Waals surface area contributed by atoms with Gasteiger partial charge in [0.05, 0.1) is 4.88 Å². The summed E-state index contributed by atoms with van der Waals surface area (Å²) in [7, 11) is 0. The van der Waals surface area contributed by atoms with Crippen LogP contribution in [0.2, 0.25) is 0 Å². The van der Waals surface area contributed by atoms with Gasteiger partial charge in [-0.3, -0.25) is 4.79 Å². The number of hydrogen-bond acceptors (Lipinski definition) is 3. The molecule has 0 saturated heterocycles. The Balaban J connectivity index is 2.16. The summed E-state index contributed by atoms with van der Waals surface area (Å²) in [4.78, 5) is 12.3. The van der Waals surface area contributed by atoms with Crippen molar-refractivity contribution in [3.05, 3.63) is 35.0 Å². The predicted octanol–water partition coefficient (Wildman–Crippen LogP) is 2.40. The summed E-state index contributed by atoms with van der Waals surface area (Å²) in [6.45, 7) is 2.28. The highest BCUT2D eigenvalue weighted by Gasteiger charge is 2.12. The van der Waals surface area contributed by atoms with E-state index in [0.29, 0.717) is 16.8 Å². The molecule has 1 unspecified atom stereocenters. The molecule has 3 nitrogen and oxygen atoms in total. The fourth-order valence-corrected chi connectivity index (χ4v) is 2.55. The Bertz CT molecular complexity index is 567. The predicted molar refractivity (Wildman–Crippen MR) is 70.4 cm³/mol. The molecule has 0 bridgehead atoms. The summed E-state index contributed by atoms with van der Waals surface area (Å²) in [5, 5.41) is 12.1. The molecule has 1 aromatic carbocycles. The average Bonchev–Trinajstić information content (AvgIpc) is 2.81. The molecule has 0 aliphatic carbocycles. The van der Waals surface area contributed by atoms with Crippen molar-refractivity contribution in [2.45, 2.75) is 6.92 Å². The molecule has 1 atom stereocenters. The number of rotatable bonds is 4. The van der Waals surface area contributed by atoms with E-state index in [-0.39, 0.29) is 24.2 Å². The molecule has 0 radical (unpaired) electrons. The van der Waals surface area contributed by atoms with Gasteiger partial charge in [-0.05, 0) is 24.1 Å². The number of aliphatic hydroxyl groups excluding tert-OH is 1. The van der Waals surface area contributed by atoms with Crippen LogP contribution in [0.1, 0.15) is 16.6 Å². The first-order valence-corrected chi connectivity index (χ1v) is 6.50. The van der Waals surface area contributed by atoms with Crippen LogP contribution in [0.4, 0.5) is 4.39 Å². The Morgan fingerprint density at radius 1 is 1.56 bits per heavy atom. The zero-order chi connectivity index (χ0) is 13.1. The van der Waals surface area contributed by atoms with Crippen molar-refractivity contribution in [3.8, 4) is 0 Å². The summed E-state index contributed by atoms with van der Waals surface area (Å²) in [6.07, 6.45) is 0. The highest BCUT2D eigenvalue weighted by molar-refractivity contribution is 7.20. The van der Waals surface area contributed by atoms with Gasteiger partial charge in [-0.25, -0.2) is 4.39 Å². The maximum atomic E-state index is 13.5. The molecule has 96 valence electrons. The summed E-state index contributed by atoms with van der Waals surface area (Å²) in [5.74, 6) is -0.525. The van der Waals surface area contributed by atoms with Crippen LogP contribution in [0.15, 0.2) is 24.3 Å². The SMILES string of the molecule is CC(CO)CNC(=O)c1cc2c(F)cccc2s1. The van der Waals surface area contributed by atoms with Crippen molar-refractivity contribution in [2.75, 3.05) is 13.2 Å². The molecular weight excluding hydrogens is 253 g/mol. The smallest absolute Gasteiger partial charge is 0.261 e. The molecule has 0 aliphatic rings. The molecule has 1 amide bonds. The lowest BCUT2D eigenvalue weighted by Crippen LogP contribution is -2.28. The maximum absolute atomic E-state index is 13.5. The molecule has 0 fully saturated rings. The number of carbonyl (C=O) groups excluding carboxylic acids is 1. The minimum atomic E-state index is -0.313. The fraction of sp³-hybridized carbons (Fsp3) is 0.308. The van der Waals surface area contributed by atoms with Gasteiger partial charge >= 0.3 is 0 Å². The van der Waals surface area contributed by atoms with Crippen LogP contribution in [0, 0.1) is 11.7 Å². The number of aliphatic hydroxyl groups is 1. The number of halogens is 1. The van der Waals surface area contributed by atoms with E-state index in [0.717, 1.165) is 4.70 Å². The number of amides is 1. The summed E-state index contributed by atoms with van der Waals surface area (Å²) >= 11 is 1.26. The molecule has 2 aromatic rings. The minimum absolute atomic E-state index is 0.0139. The second kappa shape index (κ2) is 5.46. The van der Waals surface area contributed by atoms with Gasteiger partial charge in [-0.2, -0.15) is 0 Å². The number of benzene rings is 1. The summed E-state index contributed by atoms with van der Waals surface area (Å²) in [6, 6.07) is 6.36. The first-order valence-electron chi connectivity index (χ1n) is 5.69. The van der Waals surface area contributed by atoms with Gasteiger partial charge in [0, 0.05) is 23.2 Å². The van der Waals surface area contributed by atoms with Gasteiger partial charge in [0.2, 0.25) is 0 Å². The molecule has 2 rings (SSSR count). The van der Waals surface area contributed by atoms with Crippen LogP contribution in [-0.4, -0.2) is 24.2 Å². The Kier molecular flexibility index (Phi) is 3.93. The lowest BCUT2D eigenvalue weighted by atomic mass is 10.2.